The molecule has 0 radical (unpaired) electrons. The van der Waals surface area contributed by atoms with Gasteiger partial charge in [-0.1, -0.05) is 66.9 Å². The number of hydrogen-bond donors (Lipinski definition) is 1. The van der Waals surface area contributed by atoms with E-state index < -0.39 is 0 Å². The number of carbonyl (C=O) groups is 1. The van der Waals surface area contributed by atoms with Gasteiger partial charge in [-0.25, -0.2) is 0 Å². The van der Waals surface area contributed by atoms with E-state index in [0.717, 1.165) is 24.0 Å². The molecule has 0 bridgehead atoms. The first-order valence-electron chi connectivity index (χ1n) is 7.59. The third-order valence-electron chi connectivity index (χ3n) is 3.38. The third kappa shape index (κ3) is 5.42. The highest BCUT2D eigenvalue weighted by Crippen LogP contribution is 2.22. The minimum absolute atomic E-state index is 0.111. The van der Waals surface area contributed by atoms with E-state index in [0.29, 0.717) is 22.2 Å². The van der Waals surface area contributed by atoms with Crippen molar-refractivity contribution in [2.24, 2.45) is 0 Å². The normalized spacial score (nSPS) is 10.9. The van der Waals surface area contributed by atoms with Gasteiger partial charge in [0.1, 0.15) is 0 Å². The highest BCUT2D eigenvalue weighted by molar-refractivity contribution is 6.42. The van der Waals surface area contributed by atoms with Crippen molar-refractivity contribution in [1.82, 2.24) is 5.32 Å². The summed E-state index contributed by atoms with van der Waals surface area (Å²) in [5.74, 6) is -0.111. The van der Waals surface area contributed by atoms with E-state index in [1.807, 2.05) is 30.3 Å². The van der Waals surface area contributed by atoms with Crippen LogP contribution < -0.4 is 5.32 Å². The van der Waals surface area contributed by atoms with Gasteiger partial charge in [0.05, 0.1) is 10.0 Å². The molecule has 2 aromatic rings. The summed E-state index contributed by atoms with van der Waals surface area (Å²) in [4.78, 5) is 12.2. The van der Waals surface area contributed by atoms with Crippen LogP contribution in [0.2, 0.25) is 10.0 Å². The summed E-state index contributed by atoms with van der Waals surface area (Å²) in [6, 6.07) is 12.9. The van der Waals surface area contributed by atoms with Crippen LogP contribution in [0.25, 0.3) is 6.08 Å². The average Bonchev–Trinajstić information content (AvgIpc) is 2.56. The molecule has 0 saturated carbocycles. The zero-order valence-corrected chi connectivity index (χ0v) is 14.5. The molecule has 0 aliphatic rings. The van der Waals surface area contributed by atoms with Gasteiger partial charge in [0.2, 0.25) is 0 Å². The van der Waals surface area contributed by atoms with E-state index in [2.05, 4.69) is 24.4 Å². The second-order valence-corrected chi connectivity index (χ2v) is 6.06. The maximum absolute atomic E-state index is 12.2. The van der Waals surface area contributed by atoms with Gasteiger partial charge in [-0.05, 0) is 41.8 Å². The van der Waals surface area contributed by atoms with Crippen molar-refractivity contribution in [2.45, 2.75) is 26.3 Å². The van der Waals surface area contributed by atoms with Crippen molar-refractivity contribution in [2.75, 3.05) is 0 Å². The number of rotatable bonds is 6. The highest BCUT2D eigenvalue weighted by Gasteiger charge is 2.06. The quantitative estimate of drug-likeness (QED) is 0.709. The van der Waals surface area contributed by atoms with Crippen molar-refractivity contribution in [3.8, 4) is 0 Å². The summed E-state index contributed by atoms with van der Waals surface area (Å²) >= 11 is 11.8. The number of carbonyl (C=O) groups excluding carboxylic acids is 1. The van der Waals surface area contributed by atoms with Crippen molar-refractivity contribution in [1.29, 1.82) is 0 Å². The molecule has 120 valence electrons. The molecule has 0 saturated heterocycles. The topological polar surface area (TPSA) is 29.1 Å². The lowest BCUT2D eigenvalue weighted by Gasteiger charge is -2.07. The van der Waals surface area contributed by atoms with E-state index >= 15 is 0 Å². The first kappa shape index (κ1) is 17.6. The number of allylic oxidation sites excluding steroid dienone is 1. The Bertz CT molecular complexity index is 693. The molecule has 0 aliphatic heterocycles. The number of amides is 1. The number of nitrogens with one attached hydrogen (secondary N) is 1. The number of halogens is 2. The fraction of sp³-hybridized carbons (Fsp3) is 0.211. The Labute approximate surface area is 147 Å². The Morgan fingerprint density at radius 1 is 1.09 bits per heavy atom. The summed E-state index contributed by atoms with van der Waals surface area (Å²) < 4.78 is 0. The van der Waals surface area contributed by atoms with E-state index in [9.17, 15) is 4.79 Å². The molecule has 0 aromatic heterocycles. The molecular weight excluding hydrogens is 329 g/mol. The average molecular weight is 348 g/mol. The number of hydrogen-bond acceptors (Lipinski definition) is 1. The molecule has 2 rings (SSSR count). The summed E-state index contributed by atoms with van der Waals surface area (Å²) in [7, 11) is 0. The third-order valence-corrected chi connectivity index (χ3v) is 4.11. The Kier molecular flexibility index (Phi) is 6.69. The molecule has 2 aromatic carbocycles. The first-order valence-corrected chi connectivity index (χ1v) is 8.34. The van der Waals surface area contributed by atoms with E-state index in [1.165, 1.54) is 0 Å². The van der Waals surface area contributed by atoms with Crippen LogP contribution in [-0.2, 0) is 6.54 Å². The molecule has 1 N–H and O–H groups in total. The second-order valence-electron chi connectivity index (χ2n) is 5.24. The monoisotopic (exact) mass is 347 g/mol. The molecule has 23 heavy (non-hydrogen) atoms. The molecule has 4 heteroatoms. The largest absolute Gasteiger partial charge is 0.348 e. The smallest absolute Gasteiger partial charge is 0.251 e. The maximum atomic E-state index is 12.2. The minimum Gasteiger partial charge on any atom is -0.348 e. The van der Waals surface area contributed by atoms with Gasteiger partial charge in [-0.3, -0.25) is 4.79 Å². The van der Waals surface area contributed by atoms with Gasteiger partial charge in [0.15, 0.2) is 0 Å². The first-order chi connectivity index (χ1) is 11.1. The van der Waals surface area contributed by atoms with Crippen LogP contribution >= 0.6 is 23.2 Å². The number of benzene rings is 2. The van der Waals surface area contributed by atoms with Crippen LogP contribution in [0, 0.1) is 0 Å². The Morgan fingerprint density at radius 3 is 2.48 bits per heavy atom. The van der Waals surface area contributed by atoms with Gasteiger partial charge >= 0.3 is 0 Å². The molecule has 1 amide bonds. The van der Waals surface area contributed by atoms with Gasteiger partial charge in [-0.2, -0.15) is 0 Å². The maximum Gasteiger partial charge on any atom is 0.251 e. The van der Waals surface area contributed by atoms with E-state index in [1.54, 1.807) is 12.1 Å². The van der Waals surface area contributed by atoms with Crippen LogP contribution in [0.15, 0.2) is 48.5 Å². The minimum atomic E-state index is -0.111. The predicted octanol–water partition coefficient (Wildman–Crippen LogP) is 5.74. The molecule has 0 heterocycles. The summed E-state index contributed by atoms with van der Waals surface area (Å²) in [5, 5.41) is 3.87. The molecular formula is C19H19Cl2NO. The predicted molar refractivity (Wildman–Crippen MR) is 98.0 cm³/mol. The van der Waals surface area contributed by atoms with Crippen LogP contribution in [0.4, 0.5) is 0 Å². The van der Waals surface area contributed by atoms with Crippen molar-refractivity contribution >= 4 is 35.2 Å². The Hall–Kier alpha value is -1.77. The molecule has 0 aliphatic carbocycles. The van der Waals surface area contributed by atoms with Crippen molar-refractivity contribution < 1.29 is 4.79 Å². The number of unbranched alkanes of at least 4 members (excludes halogenated alkanes) is 1. The Morgan fingerprint density at radius 2 is 1.83 bits per heavy atom. The standard InChI is InChI=1S/C19H19Cl2NO/c1-2-3-4-5-14-6-9-16(10-7-14)19(23)22-13-15-8-11-17(20)18(21)12-15/h4-12H,2-3,13H2,1H3,(H,22,23)/b5-4+. The Balaban J connectivity index is 1.93. The second kappa shape index (κ2) is 8.76. The van der Waals surface area contributed by atoms with Crippen LogP contribution in [0.1, 0.15) is 41.3 Å². The molecule has 0 spiro atoms. The summed E-state index contributed by atoms with van der Waals surface area (Å²) in [5.41, 5.74) is 2.64. The summed E-state index contributed by atoms with van der Waals surface area (Å²) in [6.45, 7) is 2.56. The highest BCUT2D eigenvalue weighted by atomic mass is 35.5. The summed E-state index contributed by atoms with van der Waals surface area (Å²) in [6.07, 6.45) is 6.40. The zero-order chi connectivity index (χ0) is 16.7. The zero-order valence-electron chi connectivity index (χ0n) is 13.0. The van der Waals surface area contributed by atoms with Gasteiger partial charge in [0, 0.05) is 12.1 Å². The van der Waals surface area contributed by atoms with Gasteiger partial charge in [0.25, 0.3) is 5.91 Å². The van der Waals surface area contributed by atoms with Gasteiger partial charge in [-0.15, -0.1) is 0 Å². The van der Waals surface area contributed by atoms with Crippen molar-refractivity contribution in [3.63, 3.8) is 0 Å². The molecule has 0 fully saturated rings. The van der Waals surface area contributed by atoms with Gasteiger partial charge < -0.3 is 5.32 Å². The van der Waals surface area contributed by atoms with Crippen LogP contribution in [-0.4, -0.2) is 5.91 Å². The molecule has 0 unspecified atom stereocenters. The molecule has 2 nitrogen and oxygen atoms in total. The fourth-order valence-corrected chi connectivity index (χ4v) is 2.39. The van der Waals surface area contributed by atoms with E-state index in [-0.39, 0.29) is 5.91 Å². The van der Waals surface area contributed by atoms with Crippen LogP contribution in [0.3, 0.4) is 0 Å². The van der Waals surface area contributed by atoms with Crippen LogP contribution in [0.5, 0.6) is 0 Å². The lowest BCUT2D eigenvalue weighted by atomic mass is 10.1. The lowest BCUT2D eigenvalue weighted by molar-refractivity contribution is 0.0951. The fourth-order valence-electron chi connectivity index (χ4n) is 2.07. The SMILES string of the molecule is CCC/C=C/c1ccc(C(=O)NCc2ccc(Cl)c(Cl)c2)cc1. The molecule has 0 atom stereocenters. The van der Waals surface area contributed by atoms with E-state index in [4.69, 9.17) is 23.2 Å². The van der Waals surface area contributed by atoms with Crippen molar-refractivity contribution in [3.05, 3.63) is 75.3 Å². The lowest BCUT2D eigenvalue weighted by Crippen LogP contribution is -2.22.